The van der Waals surface area contributed by atoms with Gasteiger partial charge < -0.3 is 14.3 Å². The van der Waals surface area contributed by atoms with E-state index in [4.69, 9.17) is 9.15 Å². The van der Waals surface area contributed by atoms with Crippen molar-refractivity contribution in [2.24, 2.45) is 0 Å². The van der Waals surface area contributed by atoms with Gasteiger partial charge in [0.25, 0.3) is 5.91 Å². The summed E-state index contributed by atoms with van der Waals surface area (Å²) in [5.41, 5.74) is 2.46. The Morgan fingerprint density at radius 1 is 1.26 bits per heavy atom. The van der Waals surface area contributed by atoms with Gasteiger partial charge in [0.2, 0.25) is 5.78 Å². The lowest BCUT2D eigenvalue weighted by atomic mass is 9.95. The molecule has 2 aromatic carbocycles. The lowest BCUT2D eigenvalue weighted by Crippen LogP contribution is -2.30. The third kappa shape index (κ3) is 4.02. The lowest BCUT2D eigenvalue weighted by Gasteiger charge is -2.24. The molecular formula is C27H22N2O5S. The summed E-state index contributed by atoms with van der Waals surface area (Å²) in [4.78, 5) is 32.7. The summed E-state index contributed by atoms with van der Waals surface area (Å²) in [6.45, 7) is 6.06. The van der Waals surface area contributed by atoms with E-state index >= 15 is 0 Å². The number of Topliss-reactive ketones (excluding diaryl/α,β-unsaturated/α-hetero) is 1. The van der Waals surface area contributed by atoms with E-state index in [0.29, 0.717) is 23.1 Å². The number of aromatic nitrogens is 1. The highest BCUT2D eigenvalue weighted by molar-refractivity contribution is 7.22. The van der Waals surface area contributed by atoms with Gasteiger partial charge >= 0.3 is 0 Å². The van der Waals surface area contributed by atoms with E-state index in [1.807, 2.05) is 18.2 Å². The Morgan fingerprint density at radius 3 is 2.74 bits per heavy atom. The Kier molecular flexibility index (Phi) is 5.96. The SMILES string of the molecule is C=CCOc1ccc([C@@H]2C(C(=O)c3ccco3)=C(O)C(=O)N2c2nc3ccc(CC)cc3s2)cc1. The number of thiazole rings is 1. The van der Waals surface area contributed by atoms with E-state index in [-0.39, 0.29) is 11.3 Å². The molecule has 0 spiro atoms. The van der Waals surface area contributed by atoms with Gasteiger partial charge in [0.1, 0.15) is 12.4 Å². The zero-order valence-electron chi connectivity index (χ0n) is 18.9. The van der Waals surface area contributed by atoms with Crippen molar-refractivity contribution in [2.45, 2.75) is 19.4 Å². The fourth-order valence-corrected chi connectivity index (χ4v) is 5.13. The van der Waals surface area contributed by atoms with Crippen LogP contribution in [0.25, 0.3) is 10.2 Å². The molecule has 0 radical (unpaired) electrons. The minimum absolute atomic E-state index is 0.0361. The summed E-state index contributed by atoms with van der Waals surface area (Å²) in [7, 11) is 0. The van der Waals surface area contributed by atoms with Crippen molar-refractivity contribution in [1.82, 2.24) is 4.98 Å². The number of nitrogens with zero attached hydrogens (tertiary/aromatic N) is 2. The van der Waals surface area contributed by atoms with Gasteiger partial charge in [-0.05, 0) is 53.9 Å². The van der Waals surface area contributed by atoms with Crippen LogP contribution in [0.5, 0.6) is 5.75 Å². The Labute approximate surface area is 205 Å². The highest BCUT2D eigenvalue weighted by atomic mass is 32.1. The van der Waals surface area contributed by atoms with Gasteiger partial charge in [-0.2, -0.15) is 0 Å². The van der Waals surface area contributed by atoms with Gasteiger partial charge in [-0.15, -0.1) is 0 Å². The van der Waals surface area contributed by atoms with E-state index in [0.717, 1.165) is 22.2 Å². The zero-order valence-corrected chi connectivity index (χ0v) is 19.7. The van der Waals surface area contributed by atoms with Crippen LogP contribution in [-0.2, 0) is 11.2 Å². The normalized spacial score (nSPS) is 15.7. The number of amides is 1. The Bertz CT molecular complexity index is 1450. The molecular weight excluding hydrogens is 464 g/mol. The molecule has 5 rings (SSSR count). The predicted octanol–water partition coefficient (Wildman–Crippen LogP) is 5.80. The molecule has 1 aliphatic heterocycles. The number of anilines is 1. The van der Waals surface area contributed by atoms with Gasteiger partial charge in [-0.25, -0.2) is 4.98 Å². The van der Waals surface area contributed by atoms with Crippen LogP contribution in [0.1, 0.15) is 34.6 Å². The number of hydrogen-bond acceptors (Lipinski definition) is 7. The quantitative estimate of drug-likeness (QED) is 0.250. The number of aliphatic hydroxyl groups is 1. The van der Waals surface area contributed by atoms with E-state index in [1.54, 1.807) is 36.4 Å². The highest BCUT2D eigenvalue weighted by Gasteiger charge is 2.46. The van der Waals surface area contributed by atoms with E-state index in [2.05, 4.69) is 18.5 Å². The number of benzene rings is 2. The van der Waals surface area contributed by atoms with Crippen molar-refractivity contribution in [1.29, 1.82) is 0 Å². The molecule has 2 aromatic heterocycles. The Balaban J connectivity index is 1.62. The largest absolute Gasteiger partial charge is 0.503 e. The second-order valence-corrected chi connectivity index (χ2v) is 8.98. The molecule has 176 valence electrons. The number of aryl methyl sites for hydroxylation is 1. The van der Waals surface area contributed by atoms with Crippen molar-refractivity contribution in [3.63, 3.8) is 0 Å². The molecule has 4 aromatic rings. The molecule has 0 aliphatic carbocycles. The first-order chi connectivity index (χ1) is 17.0. The molecule has 0 bridgehead atoms. The standard InChI is InChI=1S/C27H22N2O5S/c1-3-13-33-18-10-8-17(9-11-18)23-22(24(30)20-6-5-14-34-20)25(31)26(32)29(23)27-28-19-12-7-16(4-2)15-21(19)35-27/h3,5-12,14-15,23,31H,1,4,13H2,2H3/t23-/m1/s1. The zero-order chi connectivity index (χ0) is 24.5. The number of hydrogen-bond donors (Lipinski definition) is 1. The van der Waals surface area contributed by atoms with Gasteiger partial charge in [0.15, 0.2) is 16.7 Å². The Morgan fingerprint density at radius 2 is 2.06 bits per heavy atom. The van der Waals surface area contributed by atoms with E-state index in [1.165, 1.54) is 28.6 Å². The van der Waals surface area contributed by atoms with Crippen LogP contribution in [-0.4, -0.2) is 28.4 Å². The maximum absolute atomic E-state index is 13.3. The fourth-order valence-electron chi connectivity index (χ4n) is 4.07. The van der Waals surface area contributed by atoms with Crippen LogP contribution < -0.4 is 9.64 Å². The molecule has 0 unspecified atom stereocenters. The van der Waals surface area contributed by atoms with Crippen molar-refractivity contribution in [3.8, 4) is 5.75 Å². The van der Waals surface area contributed by atoms with Crippen molar-refractivity contribution >= 4 is 38.4 Å². The summed E-state index contributed by atoms with van der Waals surface area (Å²) in [5, 5.41) is 11.3. The van der Waals surface area contributed by atoms with Gasteiger partial charge in [-0.3, -0.25) is 14.5 Å². The second-order valence-electron chi connectivity index (χ2n) is 7.97. The summed E-state index contributed by atoms with van der Waals surface area (Å²) >= 11 is 1.34. The predicted molar refractivity (Wildman–Crippen MR) is 134 cm³/mol. The van der Waals surface area contributed by atoms with Crippen LogP contribution in [0, 0.1) is 0 Å². The average Bonchev–Trinajstić information content (AvgIpc) is 3.61. The number of aliphatic hydroxyl groups excluding tert-OH is 1. The number of ketones is 1. The summed E-state index contributed by atoms with van der Waals surface area (Å²) in [6, 6.07) is 15.2. The van der Waals surface area contributed by atoms with Gasteiger partial charge in [-0.1, -0.05) is 49.1 Å². The molecule has 3 heterocycles. The first-order valence-corrected chi connectivity index (χ1v) is 11.9. The molecule has 0 saturated heterocycles. The third-order valence-corrected chi connectivity index (χ3v) is 6.83. The monoisotopic (exact) mass is 486 g/mol. The Hall–Kier alpha value is -4.17. The number of furan rings is 1. The lowest BCUT2D eigenvalue weighted by molar-refractivity contribution is -0.117. The van der Waals surface area contributed by atoms with Gasteiger partial charge in [0.05, 0.1) is 28.1 Å². The van der Waals surface area contributed by atoms with Crippen LogP contribution >= 0.6 is 11.3 Å². The third-order valence-electron chi connectivity index (χ3n) is 5.82. The molecule has 0 fully saturated rings. The molecule has 0 saturated carbocycles. The van der Waals surface area contributed by atoms with Crippen molar-refractivity contribution in [3.05, 3.63) is 102 Å². The average molecular weight is 487 g/mol. The number of carbonyl (C=O) groups excluding carboxylic acids is 2. The summed E-state index contributed by atoms with van der Waals surface area (Å²) < 4.78 is 11.8. The number of carbonyl (C=O) groups is 2. The second kappa shape index (κ2) is 9.23. The minimum Gasteiger partial charge on any atom is -0.503 e. The first-order valence-electron chi connectivity index (χ1n) is 11.1. The summed E-state index contributed by atoms with van der Waals surface area (Å²) in [6.07, 6.45) is 3.89. The van der Waals surface area contributed by atoms with Crippen molar-refractivity contribution < 1.29 is 23.8 Å². The maximum atomic E-state index is 13.3. The van der Waals surface area contributed by atoms with E-state index in [9.17, 15) is 14.7 Å². The number of fused-ring (bicyclic) bond motifs is 1. The first kappa shape index (κ1) is 22.6. The molecule has 8 heteroatoms. The van der Waals surface area contributed by atoms with Crippen LogP contribution in [0.2, 0.25) is 0 Å². The van der Waals surface area contributed by atoms with Crippen LogP contribution in [0.4, 0.5) is 5.13 Å². The minimum atomic E-state index is -0.889. The van der Waals surface area contributed by atoms with E-state index < -0.39 is 23.5 Å². The molecule has 1 aliphatic rings. The van der Waals surface area contributed by atoms with Crippen molar-refractivity contribution in [2.75, 3.05) is 11.5 Å². The fraction of sp³-hybridized carbons (Fsp3) is 0.148. The van der Waals surface area contributed by atoms with Crippen LogP contribution in [0.15, 0.2) is 89.3 Å². The molecule has 1 N–H and O–H groups in total. The molecule has 1 amide bonds. The summed E-state index contributed by atoms with van der Waals surface area (Å²) in [5.74, 6) is -1.21. The molecule has 35 heavy (non-hydrogen) atoms. The number of rotatable bonds is 8. The maximum Gasteiger partial charge on any atom is 0.296 e. The topological polar surface area (TPSA) is 92.9 Å². The highest BCUT2D eigenvalue weighted by Crippen LogP contribution is 2.44. The van der Waals surface area contributed by atoms with Crippen LogP contribution in [0.3, 0.4) is 0 Å². The molecule has 1 atom stereocenters. The molecule has 7 nitrogen and oxygen atoms in total. The van der Waals surface area contributed by atoms with Gasteiger partial charge in [0, 0.05) is 0 Å². The smallest absolute Gasteiger partial charge is 0.296 e. The number of ether oxygens (including phenoxy) is 1.